The summed E-state index contributed by atoms with van der Waals surface area (Å²) in [5.41, 5.74) is 2.05. The van der Waals surface area contributed by atoms with Crippen molar-refractivity contribution in [3.63, 3.8) is 0 Å². The fourth-order valence-corrected chi connectivity index (χ4v) is 2.81. The number of amides is 1. The summed E-state index contributed by atoms with van der Waals surface area (Å²) >= 11 is 0. The molecular formula is C15H16N2O3. The Bertz CT molecular complexity index is 607. The van der Waals surface area contributed by atoms with Crippen LogP contribution in [0.3, 0.4) is 0 Å². The maximum Gasteiger partial charge on any atom is 0.291 e. The van der Waals surface area contributed by atoms with E-state index in [0.717, 1.165) is 38.0 Å². The molecule has 2 aliphatic rings. The van der Waals surface area contributed by atoms with Crippen LogP contribution in [0, 0.1) is 5.92 Å². The second kappa shape index (κ2) is 4.51. The first-order valence-electron chi connectivity index (χ1n) is 7.05. The van der Waals surface area contributed by atoms with Crippen molar-refractivity contribution in [2.45, 2.75) is 25.2 Å². The largest absolute Gasteiger partial charge is 0.472 e. The minimum absolute atomic E-state index is 0.00663. The Morgan fingerprint density at radius 1 is 1.40 bits per heavy atom. The third-order valence-corrected chi connectivity index (χ3v) is 4.10. The van der Waals surface area contributed by atoms with Crippen LogP contribution in [0.1, 0.15) is 40.6 Å². The van der Waals surface area contributed by atoms with Gasteiger partial charge in [0.05, 0.1) is 18.2 Å². The smallest absolute Gasteiger partial charge is 0.291 e. The number of hydrogen-bond acceptors (Lipinski definition) is 4. The molecule has 0 N–H and O–H groups in total. The lowest BCUT2D eigenvalue weighted by Gasteiger charge is -2.38. The van der Waals surface area contributed by atoms with Gasteiger partial charge in [-0.3, -0.25) is 4.79 Å². The molecule has 5 heteroatoms. The molecule has 0 unspecified atom stereocenters. The molecule has 0 aromatic carbocycles. The summed E-state index contributed by atoms with van der Waals surface area (Å²) in [7, 11) is 0. The predicted molar refractivity (Wildman–Crippen MR) is 70.3 cm³/mol. The van der Waals surface area contributed by atoms with Gasteiger partial charge in [0.15, 0.2) is 6.39 Å². The van der Waals surface area contributed by atoms with Gasteiger partial charge in [0, 0.05) is 19.0 Å². The Morgan fingerprint density at radius 2 is 2.25 bits per heavy atom. The summed E-state index contributed by atoms with van der Waals surface area (Å²) in [6.07, 6.45) is 8.06. The molecule has 1 aliphatic carbocycles. The molecule has 0 radical (unpaired) electrons. The van der Waals surface area contributed by atoms with E-state index < -0.39 is 0 Å². The normalized spacial score (nSPS) is 19.1. The van der Waals surface area contributed by atoms with Crippen LogP contribution >= 0.6 is 0 Å². The zero-order valence-electron chi connectivity index (χ0n) is 11.1. The number of hydrogen-bond donors (Lipinski definition) is 0. The molecule has 2 aromatic heterocycles. The molecule has 0 atom stereocenters. The minimum atomic E-state index is -0.00663. The van der Waals surface area contributed by atoms with Crippen molar-refractivity contribution in [3.8, 4) is 0 Å². The zero-order valence-corrected chi connectivity index (χ0v) is 11.1. The van der Waals surface area contributed by atoms with E-state index in [0.29, 0.717) is 17.6 Å². The summed E-state index contributed by atoms with van der Waals surface area (Å²) in [5.74, 6) is 1.40. The van der Waals surface area contributed by atoms with Crippen LogP contribution in [0.15, 0.2) is 33.8 Å². The molecule has 4 rings (SSSR count). The Labute approximate surface area is 116 Å². The number of nitrogens with zero attached hydrogens (tertiary/aromatic N) is 2. The molecule has 20 heavy (non-hydrogen) atoms. The lowest BCUT2D eigenvalue weighted by atomic mass is 9.93. The predicted octanol–water partition coefficient (Wildman–Crippen LogP) is 2.46. The monoisotopic (exact) mass is 272 g/mol. The molecule has 0 spiro atoms. The third kappa shape index (κ3) is 2.03. The molecule has 1 amide bonds. The summed E-state index contributed by atoms with van der Waals surface area (Å²) in [6, 6.07) is 1.98. The summed E-state index contributed by atoms with van der Waals surface area (Å²) in [5, 5.41) is 0. The molecule has 1 saturated carbocycles. The lowest BCUT2D eigenvalue weighted by Crippen LogP contribution is -2.50. The van der Waals surface area contributed by atoms with Gasteiger partial charge in [-0.2, -0.15) is 0 Å². The SMILES string of the molecule is O=C(c1ocnc1C1CC1)N1CC(Cc2ccoc2)C1. The van der Waals surface area contributed by atoms with Gasteiger partial charge in [-0.1, -0.05) is 0 Å². The number of aromatic nitrogens is 1. The molecule has 3 heterocycles. The first kappa shape index (κ1) is 11.8. The van der Waals surface area contributed by atoms with Crippen molar-refractivity contribution < 1.29 is 13.6 Å². The van der Waals surface area contributed by atoms with Crippen molar-refractivity contribution in [2.24, 2.45) is 5.92 Å². The average molecular weight is 272 g/mol. The summed E-state index contributed by atoms with van der Waals surface area (Å²) in [6.45, 7) is 1.57. The van der Waals surface area contributed by atoms with Crippen LogP contribution in [-0.4, -0.2) is 28.9 Å². The second-order valence-electron chi connectivity index (χ2n) is 5.75. The Hall–Kier alpha value is -2.04. The fourth-order valence-electron chi connectivity index (χ4n) is 2.81. The van der Waals surface area contributed by atoms with Crippen LogP contribution in [-0.2, 0) is 6.42 Å². The van der Waals surface area contributed by atoms with E-state index in [2.05, 4.69) is 4.98 Å². The number of likely N-dealkylation sites (tertiary alicyclic amines) is 1. The Morgan fingerprint density at radius 3 is 2.95 bits per heavy atom. The van der Waals surface area contributed by atoms with Crippen molar-refractivity contribution in [1.29, 1.82) is 0 Å². The molecule has 1 aliphatic heterocycles. The van der Waals surface area contributed by atoms with Crippen molar-refractivity contribution in [1.82, 2.24) is 9.88 Å². The quantitative estimate of drug-likeness (QED) is 0.857. The maximum absolute atomic E-state index is 12.4. The lowest BCUT2D eigenvalue weighted by molar-refractivity contribution is 0.0467. The molecule has 0 bridgehead atoms. The van der Waals surface area contributed by atoms with Gasteiger partial charge < -0.3 is 13.7 Å². The van der Waals surface area contributed by atoms with Gasteiger partial charge in [0.25, 0.3) is 5.91 Å². The van der Waals surface area contributed by atoms with Gasteiger partial charge >= 0.3 is 0 Å². The van der Waals surface area contributed by atoms with Crippen molar-refractivity contribution in [3.05, 3.63) is 42.0 Å². The maximum atomic E-state index is 12.4. The highest BCUT2D eigenvalue weighted by molar-refractivity contribution is 5.93. The number of carbonyl (C=O) groups is 1. The molecular weight excluding hydrogens is 256 g/mol. The highest BCUT2D eigenvalue weighted by Crippen LogP contribution is 2.41. The highest BCUT2D eigenvalue weighted by atomic mass is 16.4. The van der Waals surface area contributed by atoms with Gasteiger partial charge in [-0.25, -0.2) is 4.98 Å². The van der Waals surface area contributed by atoms with E-state index in [1.165, 1.54) is 12.0 Å². The van der Waals surface area contributed by atoms with E-state index in [9.17, 15) is 4.79 Å². The first-order chi connectivity index (χ1) is 9.81. The Kier molecular flexibility index (Phi) is 2.65. The van der Waals surface area contributed by atoms with Crippen LogP contribution in [0.25, 0.3) is 0 Å². The van der Waals surface area contributed by atoms with Crippen LogP contribution in [0.5, 0.6) is 0 Å². The number of carbonyl (C=O) groups excluding carboxylic acids is 1. The Balaban J connectivity index is 1.38. The van der Waals surface area contributed by atoms with E-state index in [1.54, 1.807) is 12.5 Å². The molecule has 2 aromatic rings. The summed E-state index contributed by atoms with van der Waals surface area (Å²) in [4.78, 5) is 18.4. The van der Waals surface area contributed by atoms with E-state index in [-0.39, 0.29) is 5.91 Å². The van der Waals surface area contributed by atoms with Crippen molar-refractivity contribution >= 4 is 5.91 Å². The second-order valence-corrected chi connectivity index (χ2v) is 5.75. The van der Waals surface area contributed by atoms with Crippen LogP contribution in [0.4, 0.5) is 0 Å². The minimum Gasteiger partial charge on any atom is -0.472 e. The van der Waals surface area contributed by atoms with Crippen molar-refractivity contribution in [2.75, 3.05) is 13.1 Å². The zero-order chi connectivity index (χ0) is 13.5. The molecule has 104 valence electrons. The summed E-state index contributed by atoms with van der Waals surface area (Å²) < 4.78 is 10.4. The van der Waals surface area contributed by atoms with Gasteiger partial charge in [-0.05, 0) is 36.8 Å². The number of rotatable bonds is 4. The van der Waals surface area contributed by atoms with Gasteiger partial charge in [0.1, 0.15) is 0 Å². The van der Waals surface area contributed by atoms with Gasteiger partial charge in [0.2, 0.25) is 5.76 Å². The molecule has 5 nitrogen and oxygen atoms in total. The first-order valence-corrected chi connectivity index (χ1v) is 7.05. The fraction of sp³-hybridized carbons (Fsp3) is 0.467. The van der Waals surface area contributed by atoms with Crippen LogP contribution < -0.4 is 0 Å². The van der Waals surface area contributed by atoms with E-state index in [1.807, 2.05) is 11.0 Å². The number of oxazole rings is 1. The molecule has 2 fully saturated rings. The van der Waals surface area contributed by atoms with E-state index >= 15 is 0 Å². The molecule has 1 saturated heterocycles. The van der Waals surface area contributed by atoms with E-state index in [4.69, 9.17) is 8.83 Å². The topological polar surface area (TPSA) is 59.5 Å². The van der Waals surface area contributed by atoms with Crippen LogP contribution in [0.2, 0.25) is 0 Å². The highest BCUT2D eigenvalue weighted by Gasteiger charge is 2.37. The standard InChI is InChI=1S/C15H16N2O3/c18-15(14-13(12-1-2-12)16-9-20-14)17-6-11(7-17)5-10-3-4-19-8-10/h3-4,8-9,11-12H,1-2,5-7H2. The third-order valence-electron chi connectivity index (χ3n) is 4.10. The average Bonchev–Trinajstić information content (AvgIpc) is 2.92. The number of furan rings is 1. The van der Waals surface area contributed by atoms with Gasteiger partial charge in [-0.15, -0.1) is 0 Å².